The van der Waals surface area contributed by atoms with Crippen LogP contribution >= 0.6 is 7.75 Å². The summed E-state index contributed by atoms with van der Waals surface area (Å²) in [6.45, 7) is 28.2. The molecule has 2 unspecified atom stereocenters. The van der Waals surface area contributed by atoms with Gasteiger partial charge in [0, 0.05) is 24.6 Å². The van der Waals surface area contributed by atoms with Crippen LogP contribution in [0.25, 0.3) is 33.6 Å². The Morgan fingerprint density at radius 3 is 1.46 bits per heavy atom. The van der Waals surface area contributed by atoms with E-state index in [1.807, 2.05) is 90.1 Å². The number of H-pyrrole nitrogens is 1. The first-order valence-corrected chi connectivity index (χ1v) is 26.8. The number of amides is 4. The first kappa shape index (κ1) is 57.6. The van der Waals surface area contributed by atoms with Gasteiger partial charge in [-0.2, -0.15) is 0 Å². The van der Waals surface area contributed by atoms with Crippen LogP contribution in [0, 0.1) is 10.8 Å². The minimum absolute atomic E-state index is 0.138. The van der Waals surface area contributed by atoms with E-state index in [0.717, 1.165) is 26.5 Å². The van der Waals surface area contributed by atoms with Crippen molar-refractivity contribution in [1.82, 2.24) is 39.7 Å². The molecule has 3 N–H and O–H groups in total. The van der Waals surface area contributed by atoms with Gasteiger partial charge in [0.15, 0.2) is 0 Å². The van der Waals surface area contributed by atoms with E-state index in [1.54, 1.807) is 81.6 Å². The van der Waals surface area contributed by atoms with Crippen molar-refractivity contribution < 1.29 is 51.0 Å². The molecule has 6 rings (SSSR count). The van der Waals surface area contributed by atoms with Crippen molar-refractivity contribution in [2.75, 3.05) is 13.1 Å². The minimum atomic E-state index is -4.20. The fraction of sp³-hybridized carbons (Fsp3) is 0.593. The molecule has 2 aromatic heterocycles. The molecule has 2 fully saturated rings. The normalized spacial score (nSPS) is 19.7. The zero-order valence-corrected chi connectivity index (χ0v) is 46.7. The van der Waals surface area contributed by atoms with Crippen LogP contribution in [0.3, 0.4) is 0 Å². The number of hydrogen-bond donors (Lipinski definition) is 3. The highest BCUT2D eigenvalue weighted by molar-refractivity contribution is 7.52. The second-order valence-corrected chi connectivity index (χ2v) is 25.8. The summed E-state index contributed by atoms with van der Waals surface area (Å²) >= 11 is 0. The number of likely N-dealkylation sites (tertiary alicyclic amines) is 2. The molecule has 74 heavy (non-hydrogen) atoms. The summed E-state index contributed by atoms with van der Waals surface area (Å²) in [5.74, 6) is -0.443. The van der Waals surface area contributed by atoms with Gasteiger partial charge in [-0.15, -0.1) is 0 Å². The molecule has 20 heteroatoms. The summed E-state index contributed by atoms with van der Waals surface area (Å²) in [4.78, 5) is 69.5. The van der Waals surface area contributed by atoms with Crippen molar-refractivity contribution in [2.45, 2.75) is 184 Å². The highest BCUT2D eigenvalue weighted by Crippen LogP contribution is 2.55. The smallest absolute Gasteiger partial charge is 0.440 e. The van der Waals surface area contributed by atoms with Gasteiger partial charge in [0.05, 0.1) is 55.0 Å². The third-order valence-electron chi connectivity index (χ3n) is 12.2. The van der Waals surface area contributed by atoms with Crippen LogP contribution in [0.5, 0.6) is 0 Å². The molecule has 0 bridgehead atoms. The molecule has 406 valence electrons. The number of nitrogens with zero attached hydrogens (tertiary/aromatic N) is 5. The van der Waals surface area contributed by atoms with Crippen LogP contribution in [-0.4, -0.2) is 114 Å². The van der Waals surface area contributed by atoms with Crippen molar-refractivity contribution in [3.63, 3.8) is 0 Å². The molecule has 4 heterocycles. The van der Waals surface area contributed by atoms with Crippen molar-refractivity contribution in [3.05, 3.63) is 72.6 Å². The zero-order chi connectivity index (χ0) is 55.0. The Bertz CT molecular complexity index is 2670. The largest absolute Gasteiger partial charge is 0.444 e. The van der Waals surface area contributed by atoms with Gasteiger partial charge in [-0.3, -0.25) is 28.4 Å². The third-order valence-corrected chi connectivity index (χ3v) is 14.4. The number of alkyl halides is 2. The van der Waals surface area contributed by atoms with Gasteiger partial charge in [-0.05, 0) is 96.8 Å². The van der Waals surface area contributed by atoms with Gasteiger partial charge < -0.3 is 25.1 Å². The lowest BCUT2D eigenvalue weighted by atomic mass is 9.86. The Morgan fingerprint density at radius 2 is 1.05 bits per heavy atom. The quantitative estimate of drug-likeness (QED) is 0.102. The number of nitrogens with one attached hydrogen (secondary N) is 3. The van der Waals surface area contributed by atoms with E-state index in [9.17, 15) is 28.0 Å². The lowest BCUT2D eigenvalue weighted by Gasteiger charge is -2.35. The monoisotopic (exact) mass is 1050 g/mol. The number of carbonyl (C=O) groups excluding carboxylic acids is 4. The van der Waals surface area contributed by atoms with Crippen LogP contribution in [0.4, 0.5) is 18.4 Å². The number of aromatic nitrogens is 4. The van der Waals surface area contributed by atoms with Gasteiger partial charge in [-0.1, -0.05) is 90.1 Å². The maximum atomic E-state index is 15.0. The summed E-state index contributed by atoms with van der Waals surface area (Å²) in [5.41, 5.74) is 1.43. The molecule has 2 aliphatic heterocycles. The predicted octanol–water partition coefficient (Wildman–Crippen LogP) is 11.5. The van der Waals surface area contributed by atoms with E-state index in [1.165, 1.54) is 4.34 Å². The number of hydrogen-bond acceptors (Lipinski definition) is 11. The molecule has 0 spiro atoms. The van der Waals surface area contributed by atoms with Crippen LogP contribution < -0.4 is 10.6 Å². The van der Waals surface area contributed by atoms with Crippen LogP contribution in [0.2, 0.25) is 0 Å². The molecule has 17 nitrogen and oxygen atoms in total. The molecule has 0 aliphatic carbocycles. The molecule has 2 aliphatic rings. The molecule has 0 saturated carbocycles. The third kappa shape index (κ3) is 14.2. The number of carbonyl (C=O) groups is 4. The van der Waals surface area contributed by atoms with E-state index in [2.05, 4.69) is 20.6 Å². The van der Waals surface area contributed by atoms with Gasteiger partial charge >= 0.3 is 19.9 Å². The van der Waals surface area contributed by atoms with Gasteiger partial charge in [0.2, 0.25) is 11.8 Å². The molecule has 4 amide bonds. The summed E-state index contributed by atoms with van der Waals surface area (Å²) in [6, 6.07) is 11.7. The van der Waals surface area contributed by atoms with E-state index in [0.29, 0.717) is 22.8 Å². The summed E-state index contributed by atoms with van der Waals surface area (Å²) in [7, 11) is -4.20. The van der Waals surface area contributed by atoms with E-state index in [4.69, 9.17) is 23.5 Å². The van der Waals surface area contributed by atoms with Crippen LogP contribution in [0.1, 0.15) is 147 Å². The predicted molar refractivity (Wildman–Crippen MR) is 279 cm³/mol. The summed E-state index contributed by atoms with van der Waals surface area (Å²) < 4.78 is 69.2. The molecule has 6 atom stereocenters. The molecular formula is C54H77F2N8O9P. The van der Waals surface area contributed by atoms with E-state index < -0.39 is 102 Å². The summed E-state index contributed by atoms with van der Waals surface area (Å²) in [6.07, 6.45) is -2.50. The number of imidazole rings is 2. The average molecular weight is 1050 g/mol. The highest BCUT2D eigenvalue weighted by Gasteiger charge is 2.47. The number of halogens is 2. The fourth-order valence-corrected chi connectivity index (χ4v) is 10.8. The van der Waals surface area contributed by atoms with Crippen molar-refractivity contribution in [1.29, 1.82) is 0 Å². The Hall–Kier alpha value is -5.65. The molecule has 0 radical (unpaired) electrons. The molecule has 2 aromatic carbocycles. The minimum Gasteiger partial charge on any atom is -0.444 e. The second kappa shape index (κ2) is 21.9. The number of benzene rings is 2. The van der Waals surface area contributed by atoms with Crippen LogP contribution in [0.15, 0.2) is 60.9 Å². The maximum Gasteiger partial charge on any atom is 0.440 e. The fourth-order valence-electron chi connectivity index (χ4n) is 8.83. The first-order chi connectivity index (χ1) is 34.1. The first-order valence-electron chi connectivity index (χ1n) is 25.3. The standard InChI is InChI=1S/C54H77F2N8O9P/c1-31(2)72-74(69,73-32(3)4)64-30-40(59-46(64)44(52(8,9)10)61-48(66)42-26-38(56)29-63(42)50(68)71-54(14,15)16)36-23-19-34(20-24-36)33-17-21-35(22-18-33)39-27-57-45(58-39)43(51(5,6)7)60-47(65)41-25-37(55)28-62(41)49(67)70-53(11,12)13/h17-24,27,30-32,37-38,41-44H,25-26,28-29H2,1-16H3,(H,57,58)(H,60,65)(H,61,66)/t37-,38-,41?,42?,43-,44-/m1/s1. The number of ether oxygens (including phenoxy) is 2. The maximum absolute atomic E-state index is 15.0. The van der Waals surface area contributed by atoms with E-state index >= 15 is 4.57 Å². The van der Waals surface area contributed by atoms with Crippen molar-refractivity contribution >= 4 is 31.7 Å². The lowest BCUT2D eigenvalue weighted by molar-refractivity contribution is -0.127. The Labute approximate surface area is 434 Å². The summed E-state index contributed by atoms with van der Waals surface area (Å²) in [5, 5.41) is 6.07. The molecule has 2 saturated heterocycles. The Morgan fingerprint density at radius 1 is 0.649 bits per heavy atom. The Balaban J connectivity index is 1.26. The second-order valence-electron chi connectivity index (χ2n) is 24.0. The topological polar surface area (TPSA) is 199 Å². The molecule has 4 aromatic rings. The lowest BCUT2D eigenvalue weighted by Crippen LogP contribution is -2.50. The van der Waals surface area contributed by atoms with Gasteiger partial charge in [0.1, 0.15) is 47.3 Å². The average Bonchev–Trinajstić information content (AvgIpc) is 4.08. The van der Waals surface area contributed by atoms with Gasteiger partial charge in [-0.25, -0.2) is 37.2 Å². The van der Waals surface area contributed by atoms with E-state index in [-0.39, 0.29) is 31.8 Å². The zero-order valence-electron chi connectivity index (χ0n) is 45.8. The van der Waals surface area contributed by atoms with Gasteiger partial charge in [0.25, 0.3) is 0 Å². The number of aromatic amines is 1. The Kier molecular flexibility index (Phi) is 17.1. The van der Waals surface area contributed by atoms with Crippen molar-refractivity contribution in [2.24, 2.45) is 10.8 Å². The highest BCUT2D eigenvalue weighted by atomic mass is 31.2. The SMILES string of the molecule is CC(C)OP(=O)(OC(C)C)n1cc(-c2ccc(-c3ccc(-c4cnc([C@@H](NC(=O)C5C[C@@H](F)CN5C(=O)OC(C)(C)C)C(C)(C)C)[nH]4)cc3)cc2)nc1[C@@H](NC(=O)C1C[C@@H](F)CN1C(=O)OC(C)(C)C)C(C)(C)C. The number of rotatable bonds is 14. The molecular weight excluding hydrogens is 974 g/mol. The van der Waals surface area contributed by atoms with Crippen LogP contribution in [-0.2, 0) is 32.7 Å². The van der Waals surface area contributed by atoms with Crippen molar-refractivity contribution in [3.8, 4) is 33.6 Å².